The van der Waals surface area contributed by atoms with Crippen LogP contribution < -0.4 is 5.32 Å². The van der Waals surface area contributed by atoms with Gasteiger partial charge in [0.25, 0.3) is 0 Å². The molecule has 1 N–H and O–H groups in total. The standard InChI is InChI=1S/C15H26N4O2/c1-16-12-7-5-3-4-6-11(12)15-17-14(18-21-15)13-10-19(2)8-9-20-13/h11-13,16H,3-10H2,1-2H3. The van der Waals surface area contributed by atoms with Crippen molar-refractivity contribution in [3.8, 4) is 0 Å². The van der Waals surface area contributed by atoms with Crippen molar-refractivity contribution in [2.24, 2.45) is 0 Å². The van der Waals surface area contributed by atoms with Gasteiger partial charge in [0.15, 0.2) is 0 Å². The molecule has 2 aliphatic rings. The Kier molecular flexibility index (Phi) is 4.87. The minimum atomic E-state index is -0.0555. The van der Waals surface area contributed by atoms with E-state index in [2.05, 4.69) is 27.4 Å². The number of rotatable bonds is 3. The van der Waals surface area contributed by atoms with Gasteiger partial charge in [0.05, 0.1) is 12.5 Å². The van der Waals surface area contributed by atoms with Gasteiger partial charge in [-0.1, -0.05) is 24.4 Å². The first-order valence-corrected chi connectivity index (χ1v) is 8.09. The summed E-state index contributed by atoms with van der Waals surface area (Å²) in [5, 5.41) is 7.60. The third-order valence-corrected chi connectivity index (χ3v) is 4.72. The van der Waals surface area contributed by atoms with E-state index in [0.717, 1.165) is 32.0 Å². The lowest BCUT2D eigenvalue weighted by Crippen LogP contribution is -2.35. The molecular formula is C15H26N4O2. The number of ether oxygens (including phenoxy) is 1. The van der Waals surface area contributed by atoms with Crippen molar-refractivity contribution in [1.82, 2.24) is 20.4 Å². The normalized spacial score (nSPS) is 32.0. The monoisotopic (exact) mass is 294 g/mol. The molecule has 118 valence electrons. The van der Waals surface area contributed by atoms with Crippen LogP contribution in [0, 0.1) is 0 Å². The predicted molar refractivity (Wildman–Crippen MR) is 79.2 cm³/mol. The molecule has 1 saturated heterocycles. The van der Waals surface area contributed by atoms with Gasteiger partial charge in [0.2, 0.25) is 11.7 Å². The molecule has 1 aromatic rings. The summed E-state index contributed by atoms with van der Waals surface area (Å²) in [6, 6.07) is 0.441. The number of aromatic nitrogens is 2. The lowest BCUT2D eigenvalue weighted by molar-refractivity contribution is -0.0264. The highest BCUT2D eigenvalue weighted by Crippen LogP contribution is 2.32. The molecule has 1 aliphatic heterocycles. The molecule has 3 unspecified atom stereocenters. The number of hydrogen-bond donors (Lipinski definition) is 1. The SMILES string of the molecule is CNC1CCCCCC1c1nc(C2CN(C)CCO2)no1. The van der Waals surface area contributed by atoms with Crippen LogP contribution in [0.15, 0.2) is 4.52 Å². The third-order valence-electron chi connectivity index (χ3n) is 4.72. The average Bonchev–Trinajstić information content (AvgIpc) is 2.86. The van der Waals surface area contributed by atoms with Crippen molar-refractivity contribution in [1.29, 1.82) is 0 Å². The maximum atomic E-state index is 5.77. The Bertz CT molecular complexity index is 451. The summed E-state index contributed by atoms with van der Waals surface area (Å²) >= 11 is 0. The van der Waals surface area contributed by atoms with Gasteiger partial charge in [0.1, 0.15) is 6.10 Å². The van der Waals surface area contributed by atoms with E-state index in [1.165, 1.54) is 25.7 Å². The number of hydrogen-bond acceptors (Lipinski definition) is 6. The smallest absolute Gasteiger partial charge is 0.231 e. The van der Waals surface area contributed by atoms with Gasteiger partial charge in [-0.05, 0) is 26.9 Å². The van der Waals surface area contributed by atoms with E-state index in [1.54, 1.807) is 0 Å². The number of morpholine rings is 1. The largest absolute Gasteiger partial charge is 0.367 e. The maximum absolute atomic E-state index is 5.77. The van der Waals surface area contributed by atoms with Crippen LogP contribution >= 0.6 is 0 Å². The molecule has 3 rings (SSSR count). The van der Waals surface area contributed by atoms with Gasteiger partial charge < -0.3 is 19.5 Å². The fourth-order valence-corrected chi connectivity index (χ4v) is 3.41. The van der Waals surface area contributed by atoms with Gasteiger partial charge >= 0.3 is 0 Å². The maximum Gasteiger partial charge on any atom is 0.231 e. The van der Waals surface area contributed by atoms with E-state index in [0.29, 0.717) is 17.8 Å². The van der Waals surface area contributed by atoms with Crippen LogP contribution in [0.25, 0.3) is 0 Å². The van der Waals surface area contributed by atoms with Crippen LogP contribution in [-0.4, -0.2) is 54.9 Å². The van der Waals surface area contributed by atoms with Gasteiger partial charge in [0, 0.05) is 19.1 Å². The fraction of sp³-hybridized carbons (Fsp3) is 0.867. The topological polar surface area (TPSA) is 63.4 Å². The van der Waals surface area contributed by atoms with Crippen molar-refractivity contribution < 1.29 is 9.26 Å². The highest BCUT2D eigenvalue weighted by atomic mass is 16.5. The molecule has 0 spiro atoms. The number of nitrogens with zero attached hydrogens (tertiary/aromatic N) is 3. The zero-order valence-corrected chi connectivity index (χ0v) is 13.0. The average molecular weight is 294 g/mol. The van der Waals surface area contributed by atoms with Crippen LogP contribution in [0.2, 0.25) is 0 Å². The third kappa shape index (κ3) is 3.44. The molecule has 2 fully saturated rings. The van der Waals surface area contributed by atoms with E-state index in [4.69, 9.17) is 9.26 Å². The van der Waals surface area contributed by atoms with Crippen molar-refractivity contribution in [3.63, 3.8) is 0 Å². The summed E-state index contributed by atoms with van der Waals surface area (Å²) in [7, 11) is 4.12. The Hall–Kier alpha value is -0.980. The quantitative estimate of drug-likeness (QED) is 0.856. The molecule has 0 aromatic carbocycles. The van der Waals surface area contributed by atoms with Gasteiger partial charge in [-0.3, -0.25) is 0 Å². The van der Waals surface area contributed by atoms with Crippen LogP contribution in [0.1, 0.15) is 55.8 Å². The fourth-order valence-electron chi connectivity index (χ4n) is 3.41. The molecule has 0 amide bonds. The van der Waals surface area contributed by atoms with Crippen LogP contribution in [0.3, 0.4) is 0 Å². The summed E-state index contributed by atoms with van der Waals surface area (Å²) in [6.07, 6.45) is 6.06. The zero-order chi connectivity index (χ0) is 14.7. The van der Waals surface area contributed by atoms with Crippen LogP contribution in [-0.2, 0) is 4.74 Å². The van der Waals surface area contributed by atoms with E-state index in [9.17, 15) is 0 Å². The molecule has 0 bridgehead atoms. The first-order chi connectivity index (χ1) is 10.3. The Labute approximate surface area is 126 Å². The van der Waals surface area contributed by atoms with E-state index < -0.39 is 0 Å². The molecule has 0 radical (unpaired) electrons. The molecule has 1 aromatic heterocycles. The minimum absolute atomic E-state index is 0.0555. The van der Waals surface area contributed by atoms with Crippen molar-refractivity contribution >= 4 is 0 Å². The molecule has 6 nitrogen and oxygen atoms in total. The Morgan fingerprint density at radius 1 is 1.24 bits per heavy atom. The second-order valence-electron chi connectivity index (χ2n) is 6.25. The van der Waals surface area contributed by atoms with Gasteiger partial charge in [-0.2, -0.15) is 4.98 Å². The first-order valence-electron chi connectivity index (χ1n) is 8.09. The number of likely N-dealkylation sites (N-methyl/N-ethyl adjacent to an activating group) is 2. The predicted octanol–water partition coefficient (Wildman–Crippen LogP) is 1.71. The van der Waals surface area contributed by atoms with Crippen molar-refractivity contribution in [3.05, 3.63) is 11.7 Å². The molecule has 6 heteroatoms. The lowest BCUT2D eigenvalue weighted by Gasteiger charge is -2.27. The highest BCUT2D eigenvalue weighted by Gasteiger charge is 2.31. The second-order valence-corrected chi connectivity index (χ2v) is 6.25. The van der Waals surface area contributed by atoms with Crippen molar-refractivity contribution in [2.75, 3.05) is 33.8 Å². The zero-order valence-electron chi connectivity index (χ0n) is 13.0. The first kappa shape index (κ1) is 14.9. The van der Waals surface area contributed by atoms with Crippen molar-refractivity contribution in [2.45, 2.75) is 50.2 Å². The molecule has 1 saturated carbocycles. The van der Waals surface area contributed by atoms with E-state index >= 15 is 0 Å². The van der Waals surface area contributed by atoms with E-state index in [1.807, 2.05) is 7.05 Å². The Balaban J connectivity index is 1.73. The second kappa shape index (κ2) is 6.85. The summed E-state index contributed by atoms with van der Waals surface area (Å²) < 4.78 is 11.4. The minimum Gasteiger partial charge on any atom is -0.367 e. The van der Waals surface area contributed by atoms with Crippen LogP contribution in [0.5, 0.6) is 0 Å². The number of nitrogens with one attached hydrogen (secondary N) is 1. The van der Waals surface area contributed by atoms with Crippen LogP contribution in [0.4, 0.5) is 0 Å². The molecule has 2 heterocycles. The molecular weight excluding hydrogens is 268 g/mol. The highest BCUT2D eigenvalue weighted by molar-refractivity contribution is 5.02. The van der Waals surface area contributed by atoms with E-state index in [-0.39, 0.29) is 6.10 Å². The Morgan fingerprint density at radius 3 is 2.90 bits per heavy atom. The van der Waals surface area contributed by atoms with Gasteiger partial charge in [-0.25, -0.2) is 0 Å². The lowest BCUT2D eigenvalue weighted by atomic mass is 9.95. The van der Waals surface area contributed by atoms with Gasteiger partial charge in [-0.15, -0.1) is 0 Å². The molecule has 3 atom stereocenters. The summed E-state index contributed by atoms with van der Waals surface area (Å²) in [6.45, 7) is 2.53. The summed E-state index contributed by atoms with van der Waals surface area (Å²) in [4.78, 5) is 6.90. The summed E-state index contributed by atoms with van der Waals surface area (Å²) in [5.41, 5.74) is 0. The Morgan fingerprint density at radius 2 is 2.10 bits per heavy atom. The summed E-state index contributed by atoms with van der Waals surface area (Å²) in [5.74, 6) is 1.82. The molecule has 21 heavy (non-hydrogen) atoms. The molecule has 1 aliphatic carbocycles.